The van der Waals surface area contributed by atoms with E-state index in [0.29, 0.717) is 11.4 Å². The van der Waals surface area contributed by atoms with Gasteiger partial charge in [-0.05, 0) is 22.6 Å². The van der Waals surface area contributed by atoms with Crippen LogP contribution in [0.25, 0.3) is 0 Å². The van der Waals surface area contributed by atoms with Gasteiger partial charge in [0.1, 0.15) is 11.1 Å². The van der Waals surface area contributed by atoms with Crippen LogP contribution in [0, 0.1) is 15.2 Å². The molecule has 0 saturated carbocycles. The number of aliphatic hydroxyl groups excluding tert-OH is 1. The molecule has 1 N–H and O–H groups in total. The summed E-state index contributed by atoms with van der Waals surface area (Å²) in [6.45, 7) is 0. The summed E-state index contributed by atoms with van der Waals surface area (Å²) >= 11 is 3.62. The molecular formula is C7H6INOS. The van der Waals surface area contributed by atoms with Gasteiger partial charge in [-0.25, -0.2) is 4.98 Å². The molecule has 0 spiro atoms. The van der Waals surface area contributed by atoms with Crippen molar-refractivity contribution in [3.63, 3.8) is 0 Å². The van der Waals surface area contributed by atoms with Gasteiger partial charge in [0.15, 0.2) is 0 Å². The number of rotatable bonds is 2. The van der Waals surface area contributed by atoms with Crippen molar-refractivity contribution >= 4 is 33.9 Å². The first-order valence-electron chi connectivity index (χ1n) is 2.97. The number of terminal acetylenes is 1. The van der Waals surface area contributed by atoms with Crippen LogP contribution in [-0.4, -0.2) is 10.1 Å². The van der Waals surface area contributed by atoms with E-state index >= 15 is 0 Å². The van der Waals surface area contributed by atoms with Crippen LogP contribution in [0.3, 0.4) is 0 Å². The van der Waals surface area contributed by atoms with Gasteiger partial charge in [-0.1, -0.05) is 0 Å². The van der Waals surface area contributed by atoms with Crippen LogP contribution in [0.4, 0.5) is 0 Å². The van der Waals surface area contributed by atoms with Crippen LogP contribution in [0.1, 0.15) is 17.5 Å². The quantitative estimate of drug-likeness (QED) is 0.661. The highest BCUT2D eigenvalue weighted by Crippen LogP contribution is 2.22. The second kappa shape index (κ2) is 4.04. The first-order valence-corrected chi connectivity index (χ1v) is 4.86. The van der Waals surface area contributed by atoms with Crippen molar-refractivity contribution in [1.82, 2.24) is 4.98 Å². The van der Waals surface area contributed by atoms with E-state index in [-0.39, 0.29) is 0 Å². The SMILES string of the molecule is C#CCC(O)c1ncc(I)s1. The molecule has 1 rings (SSSR count). The standard InChI is InChI=1S/C7H6INOS/c1-2-3-5(10)7-9-4-6(8)11-7/h1,4-5,10H,3H2. The van der Waals surface area contributed by atoms with E-state index in [9.17, 15) is 5.11 Å². The van der Waals surface area contributed by atoms with Gasteiger partial charge in [-0.15, -0.1) is 23.7 Å². The second-order valence-corrected chi connectivity index (χ2v) is 4.88. The molecule has 0 aliphatic rings. The molecule has 0 fully saturated rings. The summed E-state index contributed by atoms with van der Waals surface area (Å²) in [5, 5.41) is 10.0. The maximum Gasteiger partial charge on any atom is 0.123 e. The number of aromatic nitrogens is 1. The number of halogens is 1. The lowest BCUT2D eigenvalue weighted by atomic mass is 10.3. The molecule has 0 amide bonds. The molecule has 1 aromatic rings. The predicted molar refractivity (Wildman–Crippen MR) is 53.2 cm³/mol. The molecule has 0 aliphatic heterocycles. The van der Waals surface area contributed by atoms with Crippen molar-refractivity contribution in [2.24, 2.45) is 0 Å². The van der Waals surface area contributed by atoms with Gasteiger partial charge in [-0.3, -0.25) is 0 Å². The molecule has 0 aromatic carbocycles. The Morgan fingerprint density at radius 3 is 3.09 bits per heavy atom. The van der Waals surface area contributed by atoms with Crippen LogP contribution in [0.5, 0.6) is 0 Å². The molecule has 1 heterocycles. The smallest absolute Gasteiger partial charge is 0.123 e. The fourth-order valence-electron chi connectivity index (χ4n) is 0.620. The highest BCUT2D eigenvalue weighted by molar-refractivity contribution is 14.1. The van der Waals surface area contributed by atoms with E-state index in [1.165, 1.54) is 11.3 Å². The Morgan fingerprint density at radius 2 is 2.64 bits per heavy atom. The fraction of sp³-hybridized carbons (Fsp3) is 0.286. The molecule has 11 heavy (non-hydrogen) atoms. The van der Waals surface area contributed by atoms with Gasteiger partial charge < -0.3 is 5.11 Å². The molecular weight excluding hydrogens is 273 g/mol. The monoisotopic (exact) mass is 279 g/mol. The van der Waals surface area contributed by atoms with Crippen LogP contribution in [0.2, 0.25) is 0 Å². The van der Waals surface area contributed by atoms with Crippen molar-refractivity contribution in [3.8, 4) is 12.3 Å². The average Bonchev–Trinajstić information content (AvgIpc) is 2.36. The van der Waals surface area contributed by atoms with Gasteiger partial charge in [0.25, 0.3) is 0 Å². The van der Waals surface area contributed by atoms with Gasteiger partial charge in [0.2, 0.25) is 0 Å². The zero-order chi connectivity index (χ0) is 8.27. The van der Waals surface area contributed by atoms with Crippen molar-refractivity contribution in [2.75, 3.05) is 0 Å². The number of nitrogens with zero attached hydrogens (tertiary/aromatic N) is 1. The van der Waals surface area contributed by atoms with Gasteiger partial charge in [0, 0.05) is 6.42 Å². The molecule has 2 nitrogen and oxygen atoms in total. The Balaban J connectivity index is 2.70. The van der Waals surface area contributed by atoms with Crippen molar-refractivity contribution < 1.29 is 5.11 Å². The first kappa shape index (κ1) is 8.97. The van der Waals surface area contributed by atoms with E-state index < -0.39 is 6.10 Å². The lowest BCUT2D eigenvalue weighted by molar-refractivity contribution is 0.183. The third-order valence-electron chi connectivity index (χ3n) is 1.09. The summed E-state index contributed by atoms with van der Waals surface area (Å²) in [6.07, 6.45) is 6.51. The van der Waals surface area contributed by atoms with Crippen LogP contribution in [0.15, 0.2) is 6.20 Å². The molecule has 0 bridgehead atoms. The summed E-state index contributed by atoms with van der Waals surface area (Å²) in [4.78, 5) is 4.00. The lowest BCUT2D eigenvalue weighted by Crippen LogP contribution is -1.93. The largest absolute Gasteiger partial charge is 0.385 e. The number of hydrogen-bond donors (Lipinski definition) is 1. The van der Waals surface area contributed by atoms with E-state index in [2.05, 4.69) is 33.5 Å². The lowest BCUT2D eigenvalue weighted by Gasteiger charge is -1.99. The van der Waals surface area contributed by atoms with Crippen molar-refractivity contribution in [1.29, 1.82) is 0 Å². The minimum absolute atomic E-state index is 0.337. The van der Waals surface area contributed by atoms with E-state index in [1.807, 2.05) is 0 Å². The maximum atomic E-state index is 9.34. The minimum Gasteiger partial charge on any atom is -0.385 e. The molecule has 0 aliphatic carbocycles. The Bertz CT molecular complexity index is 278. The minimum atomic E-state index is -0.589. The predicted octanol–water partition coefficient (Wildman–Crippen LogP) is 1.80. The highest BCUT2D eigenvalue weighted by atomic mass is 127. The third kappa shape index (κ3) is 2.43. The van der Waals surface area contributed by atoms with Gasteiger partial charge >= 0.3 is 0 Å². The molecule has 4 heteroatoms. The molecule has 0 saturated heterocycles. The summed E-state index contributed by atoms with van der Waals surface area (Å²) < 4.78 is 1.06. The highest BCUT2D eigenvalue weighted by Gasteiger charge is 2.09. The summed E-state index contributed by atoms with van der Waals surface area (Å²) in [5.74, 6) is 2.39. The molecule has 0 radical (unpaired) electrons. The fourth-order valence-corrected chi connectivity index (χ4v) is 2.07. The first-order chi connectivity index (χ1) is 5.24. The molecule has 1 unspecified atom stereocenters. The van der Waals surface area contributed by atoms with E-state index in [4.69, 9.17) is 6.42 Å². The van der Waals surface area contributed by atoms with Crippen LogP contribution in [-0.2, 0) is 0 Å². The Kier molecular flexibility index (Phi) is 3.30. The Hall–Kier alpha value is -0.120. The normalized spacial score (nSPS) is 12.5. The number of hydrogen-bond acceptors (Lipinski definition) is 3. The van der Waals surface area contributed by atoms with E-state index in [1.54, 1.807) is 6.20 Å². The third-order valence-corrected chi connectivity index (χ3v) is 2.92. The summed E-state index contributed by atoms with van der Waals surface area (Å²) in [7, 11) is 0. The van der Waals surface area contributed by atoms with Crippen molar-refractivity contribution in [3.05, 3.63) is 14.1 Å². The second-order valence-electron chi connectivity index (χ2n) is 1.93. The Labute approximate surface area is 82.8 Å². The van der Waals surface area contributed by atoms with Crippen LogP contribution >= 0.6 is 33.9 Å². The topological polar surface area (TPSA) is 33.1 Å². The molecule has 1 aromatic heterocycles. The zero-order valence-electron chi connectivity index (χ0n) is 5.62. The van der Waals surface area contributed by atoms with Gasteiger partial charge in [-0.2, -0.15) is 0 Å². The molecule has 58 valence electrons. The van der Waals surface area contributed by atoms with E-state index in [0.717, 1.165) is 2.88 Å². The summed E-state index contributed by atoms with van der Waals surface area (Å²) in [6, 6.07) is 0. The maximum absolute atomic E-state index is 9.34. The average molecular weight is 279 g/mol. The zero-order valence-corrected chi connectivity index (χ0v) is 8.59. The summed E-state index contributed by atoms with van der Waals surface area (Å²) in [5.41, 5.74) is 0. The number of aliphatic hydroxyl groups is 1. The van der Waals surface area contributed by atoms with Gasteiger partial charge in [0.05, 0.1) is 9.08 Å². The molecule has 1 atom stereocenters. The van der Waals surface area contributed by atoms with Crippen LogP contribution < -0.4 is 0 Å². The number of thiazole rings is 1. The Morgan fingerprint density at radius 1 is 1.91 bits per heavy atom. The van der Waals surface area contributed by atoms with Crippen molar-refractivity contribution in [2.45, 2.75) is 12.5 Å².